The van der Waals surface area contributed by atoms with Gasteiger partial charge in [0.25, 0.3) is 0 Å². The molecule has 0 atom stereocenters. The second kappa shape index (κ2) is 13.3. The van der Waals surface area contributed by atoms with Gasteiger partial charge in [-0.2, -0.15) is 5.10 Å². The molecule has 12 nitrogen and oxygen atoms in total. The first kappa shape index (κ1) is 29.9. The number of fused-ring (bicyclic) bond motifs is 1. The van der Waals surface area contributed by atoms with E-state index in [1.807, 2.05) is 36.4 Å². The number of pyridine rings is 1. The standard InChI is InChI=1S/C33H30F2N10O2/c1-2-47-22-17-25(34)24(26(35)18-22)19-45-27-6-4-3-5-23(27)29(43-45)31-41-32(39-21-7-10-36-11-8-21)30(44-13-15-46-16-14-44)33(42-31)40-28-9-12-37-20-38-28/h3-12,17-18,20H,2,13-16,19H2,1H3,(H2,36,37,38,39,40,41,42). The topological polar surface area (TPSA) is 128 Å². The Hall–Kier alpha value is -5.76. The molecule has 0 unspecified atom stereocenters. The van der Waals surface area contributed by atoms with Crippen LogP contribution in [0, 0.1) is 11.6 Å². The van der Waals surface area contributed by atoms with E-state index in [1.54, 1.807) is 36.3 Å². The van der Waals surface area contributed by atoms with Crippen molar-refractivity contribution in [3.05, 3.63) is 96.7 Å². The van der Waals surface area contributed by atoms with E-state index in [2.05, 4.69) is 30.5 Å². The highest BCUT2D eigenvalue weighted by Gasteiger charge is 2.26. The second-order valence-electron chi connectivity index (χ2n) is 10.6. The monoisotopic (exact) mass is 636 g/mol. The first-order valence-corrected chi connectivity index (χ1v) is 15.1. The van der Waals surface area contributed by atoms with Crippen molar-refractivity contribution >= 4 is 39.7 Å². The van der Waals surface area contributed by atoms with Crippen molar-refractivity contribution in [3.63, 3.8) is 0 Å². The van der Waals surface area contributed by atoms with E-state index in [0.29, 0.717) is 67.0 Å². The van der Waals surface area contributed by atoms with E-state index < -0.39 is 11.6 Å². The van der Waals surface area contributed by atoms with Crippen LogP contribution in [0.3, 0.4) is 0 Å². The molecule has 1 aliphatic heterocycles. The summed E-state index contributed by atoms with van der Waals surface area (Å²) in [5, 5.41) is 12.3. The average Bonchev–Trinajstić information content (AvgIpc) is 3.46. The van der Waals surface area contributed by atoms with Gasteiger partial charge in [0.15, 0.2) is 17.5 Å². The molecule has 1 fully saturated rings. The molecule has 6 aromatic rings. The molecule has 0 saturated carbocycles. The molecular formula is C33H30F2N10O2. The molecule has 238 valence electrons. The molecular weight excluding hydrogens is 606 g/mol. The van der Waals surface area contributed by atoms with Crippen molar-refractivity contribution < 1.29 is 18.3 Å². The zero-order valence-corrected chi connectivity index (χ0v) is 25.4. The van der Waals surface area contributed by atoms with Crippen molar-refractivity contribution in [1.82, 2.24) is 34.7 Å². The molecule has 4 aromatic heterocycles. The van der Waals surface area contributed by atoms with Crippen molar-refractivity contribution in [1.29, 1.82) is 0 Å². The summed E-state index contributed by atoms with van der Waals surface area (Å²) in [5.41, 5.74) is 2.44. The highest BCUT2D eigenvalue weighted by molar-refractivity contribution is 5.93. The minimum atomic E-state index is -0.721. The predicted molar refractivity (Wildman–Crippen MR) is 173 cm³/mol. The van der Waals surface area contributed by atoms with Crippen LogP contribution in [0.1, 0.15) is 12.5 Å². The van der Waals surface area contributed by atoms with E-state index in [1.165, 1.54) is 18.5 Å². The third-order valence-corrected chi connectivity index (χ3v) is 7.59. The fraction of sp³-hybridized carbons (Fsp3) is 0.212. The van der Waals surface area contributed by atoms with E-state index >= 15 is 8.78 Å². The van der Waals surface area contributed by atoms with Gasteiger partial charge in [-0.1, -0.05) is 18.2 Å². The number of ether oxygens (including phenoxy) is 2. The van der Waals surface area contributed by atoms with E-state index in [4.69, 9.17) is 24.5 Å². The van der Waals surface area contributed by atoms with Crippen molar-refractivity contribution in [2.45, 2.75) is 13.5 Å². The minimum Gasteiger partial charge on any atom is -0.494 e. The zero-order chi connectivity index (χ0) is 32.2. The van der Waals surface area contributed by atoms with Crippen molar-refractivity contribution in [2.24, 2.45) is 0 Å². The molecule has 0 spiro atoms. The number of para-hydroxylation sites is 1. The number of anilines is 5. The summed E-state index contributed by atoms with van der Waals surface area (Å²) in [6.45, 7) is 4.19. The molecule has 47 heavy (non-hydrogen) atoms. The second-order valence-corrected chi connectivity index (χ2v) is 10.6. The number of nitrogens with zero attached hydrogens (tertiary/aromatic N) is 8. The Balaban J connectivity index is 1.38. The third-order valence-electron chi connectivity index (χ3n) is 7.59. The molecule has 2 N–H and O–H groups in total. The molecule has 7 rings (SSSR count). The fourth-order valence-corrected chi connectivity index (χ4v) is 5.42. The van der Waals surface area contributed by atoms with Gasteiger partial charge in [0.05, 0.1) is 31.9 Å². The van der Waals surface area contributed by atoms with Gasteiger partial charge in [0, 0.05) is 60.4 Å². The summed E-state index contributed by atoms with van der Waals surface area (Å²) in [6.07, 6.45) is 6.46. The molecule has 1 aliphatic rings. The predicted octanol–water partition coefficient (Wildman–Crippen LogP) is 5.73. The van der Waals surface area contributed by atoms with Gasteiger partial charge >= 0.3 is 0 Å². The lowest BCUT2D eigenvalue weighted by atomic mass is 10.1. The Morgan fingerprint density at radius 1 is 0.894 bits per heavy atom. The van der Waals surface area contributed by atoms with Crippen LogP contribution >= 0.6 is 0 Å². The first-order chi connectivity index (χ1) is 23.1. The summed E-state index contributed by atoms with van der Waals surface area (Å²) in [7, 11) is 0. The number of benzene rings is 2. The van der Waals surface area contributed by atoms with E-state index in [0.717, 1.165) is 11.4 Å². The van der Waals surface area contributed by atoms with Gasteiger partial charge < -0.3 is 25.0 Å². The normalized spacial score (nSPS) is 13.1. The van der Waals surface area contributed by atoms with Crippen LogP contribution in [0.5, 0.6) is 5.75 Å². The zero-order valence-electron chi connectivity index (χ0n) is 25.4. The molecule has 14 heteroatoms. The number of nitrogens with one attached hydrogen (secondary N) is 2. The summed E-state index contributed by atoms with van der Waals surface area (Å²) < 4.78 is 42.8. The van der Waals surface area contributed by atoms with Crippen LogP contribution in [0.4, 0.5) is 37.6 Å². The largest absolute Gasteiger partial charge is 0.494 e. The Morgan fingerprint density at radius 2 is 1.62 bits per heavy atom. The maximum absolute atomic E-state index is 15.2. The van der Waals surface area contributed by atoms with Crippen LogP contribution in [0.2, 0.25) is 0 Å². The van der Waals surface area contributed by atoms with Crippen LogP contribution in [0.25, 0.3) is 22.4 Å². The Morgan fingerprint density at radius 3 is 2.34 bits per heavy atom. The highest BCUT2D eigenvalue weighted by Crippen LogP contribution is 2.38. The molecule has 0 bridgehead atoms. The van der Waals surface area contributed by atoms with Gasteiger partial charge in [0.1, 0.15) is 40.9 Å². The maximum Gasteiger partial charge on any atom is 0.184 e. The highest BCUT2D eigenvalue weighted by atomic mass is 19.1. The van der Waals surface area contributed by atoms with Gasteiger partial charge in [0.2, 0.25) is 0 Å². The van der Waals surface area contributed by atoms with E-state index in [-0.39, 0.29) is 23.7 Å². The van der Waals surface area contributed by atoms with Crippen LogP contribution in [-0.4, -0.2) is 67.6 Å². The van der Waals surface area contributed by atoms with Crippen LogP contribution in [0.15, 0.2) is 79.5 Å². The smallest absolute Gasteiger partial charge is 0.184 e. The number of hydrogen-bond donors (Lipinski definition) is 2. The van der Waals surface area contributed by atoms with E-state index in [9.17, 15) is 0 Å². The molecule has 0 aliphatic carbocycles. The average molecular weight is 637 g/mol. The number of morpholine rings is 1. The number of aromatic nitrogens is 7. The number of halogens is 2. The lowest BCUT2D eigenvalue weighted by Gasteiger charge is -2.31. The number of hydrogen-bond acceptors (Lipinski definition) is 11. The van der Waals surface area contributed by atoms with Gasteiger partial charge in [-0.05, 0) is 31.2 Å². The quantitative estimate of drug-likeness (QED) is 0.191. The third kappa shape index (κ3) is 6.35. The van der Waals surface area contributed by atoms with Gasteiger partial charge in [-0.3, -0.25) is 9.67 Å². The molecule has 0 amide bonds. The molecule has 2 aromatic carbocycles. The summed E-state index contributed by atoms with van der Waals surface area (Å²) >= 11 is 0. The van der Waals surface area contributed by atoms with Gasteiger partial charge in [-0.15, -0.1) is 0 Å². The lowest BCUT2D eigenvalue weighted by Crippen LogP contribution is -2.37. The summed E-state index contributed by atoms with van der Waals surface area (Å²) in [4.78, 5) is 24.7. The Kier molecular flexibility index (Phi) is 8.47. The first-order valence-electron chi connectivity index (χ1n) is 15.1. The molecule has 1 saturated heterocycles. The summed E-state index contributed by atoms with van der Waals surface area (Å²) in [5.74, 6) is 0.505. The van der Waals surface area contributed by atoms with Gasteiger partial charge in [-0.25, -0.2) is 28.7 Å². The minimum absolute atomic E-state index is 0.129. The molecule has 0 radical (unpaired) electrons. The van der Waals surface area contributed by atoms with Crippen LogP contribution < -0.4 is 20.3 Å². The number of rotatable bonds is 10. The lowest BCUT2D eigenvalue weighted by molar-refractivity contribution is 0.123. The SMILES string of the molecule is CCOc1cc(F)c(Cn2nc(-c3nc(Nc4ccncc4)c(N4CCOCC4)c(Nc4ccncn4)n3)c3ccccc32)c(F)c1. The maximum atomic E-state index is 15.2. The summed E-state index contributed by atoms with van der Waals surface area (Å²) in [6, 6.07) is 15.2. The molecule has 5 heterocycles. The van der Waals surface area contributed by atoms with Crippen LogP contribution in [-0.2, 0) is 11.3 Å². The fourth-order valence-electron chi connectivity index (χ4n) is 5.42. The Labute approximate surface area is 268 Å². The van der Waals surface area contributed by atoms with Crippen molar-refractivity contribution in [2.75, 3.05) is 48.4 Å². The van der Waals surface area contributed by atoms with Crippen molar-refractivity contribution in [3.8, 4) is 17.3 Å². The Bertz CT molecular complexity index is 1920.